The number of aliphatic hydroxyl groups excluding tert-OH is 1. The van der Waals surface area contributed by atoms with Gasteiger partial charge in [0.15, 0.2) is 5.69 Å². The fourth-order valence-electron chi connectivity index (χ4n) is 1.91. The Morgan fingerprint density at radius 2 is 2.00 bits per heavy atom. The number of aliphatic hydroxyl groups is 1. The van der Waals surface area contributed by atoms with E-state index in [4.69, 9.17) is 5.11 Å². The van der Waals surface area contributed by atoms with Crippen LogP contribution >= 0.6 is 0 Å². The lowest BCUT2D eigenvalue weighted by Crippen LogP contribution is -2.38. The maximum absolute atomic E-state index is 12.3. The van der Waals surface area contributed by atoms with Crippen molar-refractivity contribution in [3.8, 4) is 0 Å². The molecule has 1 aromatic rings. The molecule has 0 saturated heterocycles. The van der Waals surface area contributed by atoms with Crippen molar-refractivity contribution < 1.29 is 9.90 Å². The summed E-state index contributed by atoms with van der Waals surface area (Å²) in [5.41, 5.74) is 0.714. The maximum Gasteiger partial charge on any atom is 0.279 e. The van der Waals surface area contributed by atoms with Crippen molar-refractivity contribution >= 4 is 5.91 Å². The summed E-state index contributed by atoms with van der Waals surface area (Å²) in [5.74, 6) is -0.417. The molecule has 0 bridgehead atoms. The van der Waals surface area contributed by atoms with Gasteiger partial charge < -0.3 is 15.0 Å². The number of carbonyl (C=O) groups is 1. The van der Waals surface area contributed by atoms with Gasteiger partial charge in [0.05, 0.1) is 12.3 Å². The fraction of sp³-hybridized carbons (Fsp3) is 0.643. The molecule has 1 amide bonds. The molecule has 0 saturated carbocycles. The summed E-state index contributed by atoms with van der Waals surface area (Å²) in [5, 5.41) is 9.06. The molecule has 0 spiro atoms. The molecule has 1 rings (SSSR count). The molecule has 2 N–H and O–H groups in total. The second-order valence-corrected chi connectivity index (χ2v) is 4.85. The lowest BCUT2D eigenvalue weighted by atomic mass is 10.2. The number of nitrogens with zero attached hydrogens (tertiary/aromatic N) is 2. The van der Waals surface area contributed by atoms with Crippen molar-refractivity contribution in [1.29, 1.82) is 0 Å². The van der Waals surface area contributed by atoms with E-state index in [1.807, 2.05) is 0 Å². The largest absolute Gasteiger partial charge is 0.395 e. The highest BCUT2D eigenvalue weighted by Crippen LogP contribution is 2.04. The topological polar surface area (TPSA) is 86.3 Å². The Morgan fingerprint density at radius 1 is 1.30 bits per heavy atom. The van der Waals surface area contributed by atoms with Gasteiger partial charge in [-0.05, 0) is 20.3 Å². The molecular weight excluding hydrogens is 258 g/mol. The van der Waals surface area contributed by atoms with Crippen LogP contribution in [0.2, 0.25) is 0 Å². The number of hydrogen-bond donors (Lipinski definition) is 2. The Hall–Kier alpha value is -1.69. The molecule has 20 heavy (non-hydrogen) atoms. The van der Waals surface area contributed by atoms with Gasteiger partial charge >= 0.3 is 0 Å². The first-order valence-corrected chi connectivity index (χ1v) is 6.98. The predicted octanol–water partition coefficient (Wildman–Crippen LogP) is 1.01. The minimum Gasteiger partial charge on any atom is -0.395 e. The summed E-state index contributed by atoms with van der Waals surface area (Å²) in [6.07, 6.45) is 2.90. The van der Waals surface area contributed by atoms with Gasteiger partial charge in [0, 0.05) is 18.8 Å². The number of aromatic nitrogens is 2. The van der Waals surface area contributed by atoms with Crippen LogP contribution in [0.5, 0.6) is 0 Å². The summed E-state index contributed by atoms with van der Waals surface area (Å²) in [6.45, 7) is 6.19. The minimum atomic E-state index is -0.475. The number of amides is 1. The lowest BCUT2D eigenvalue weighted by Gasteiger charge is -2.21. The summed E-state index contributed by atoms with van der Waals surface area (Å²) in [4.78, 5) is 32.4. The molecule has 6 nitrogen and oxygen atoms in total. The van der Waals surface area contributed by atoms with Gasteiger partial charge in [0.2, 0.25) is 0 Å². The van der Waals surface area contributed by atoms with Crippen molar-refractivity contribution in [3.63, 3.8) is 0 Å². The lowest BCUT2D eigenvalue weighted by molar-refractivity contribution is 0.0710. The average Bonchev–Trinajstić information content (AvgIpc) is 2.41. The van der Waals surface area contributed by atoms with Gasteiger partial charge in [0.1, 0.15) is 0 Å². The first kappa shape index (κ1) is 16.4. The van der Waals surface area contributed by atoms with E-state index in [0.717, 1.165) is 19.3 Å². The van der Waals surface area contributed by atoms with Crippen LogP contribution in [0.4, 0.5) is 0 Å². The van der Waals surface area contributed by atoms with Crippen molar-refractivity contribution in [1.82, 2.24) is 14.9 Å². The van der Waals surface area contributed by atoms with Gasteiger partial charge in [-0.3, -0.25) is 9.59 Å². The highest BCUT2D eigenvalue weighted by molar-refractivity contribution is 5.92. The van der Waals surface area contributed by atoms with Crippen molar-refractivity contribution in [3.05, 3.63) is 27.4 Å². The number of carbonyl (C=O) groups excluding carboxylic acids is 1. The monoisotopic (exact) mass is 281 g/mol. The molecule has 1 heterocycles. The molecule has 0 unspecified atom stereocenters. The number of unbranched alkanes of at least 4 members (excludes halogenated alkanes) is 2. The van der Waals surface area contributed by atoms with Crippen LogP contribution in [0.3, 0.4) is 0 Å². The SMILES string of the molecule is CCCCCN(CCO)C(=O)c1nc(C)c(C)[nH]c1=O. The molecule has 6 heteroatoms. The van der Waals surface area contributed by atoms with Gasteiger partial charge in [-0.1, -0.05) is 19.8 Å². The zero-order valence-corrected chi connectivity index (χ0v) is 12.4. The van der Waals surface area contributed by atoms with E-state index in [9.17, 15) is 9.59 Å². The quantitative estimate of drug-likeness (QED) is 0.730. The average molecular weight is 281 g/mol. The maximum atomic E-state index is 12.3. The molecule has 0 fully saturated rings. The van der Waals surface area contributed by atoms with E-state index in [2.05, 4.69) is 16.9 Å². The molecule has 0 aromatic carbocycles. The third kappa shape index (κ3) is 4.16. The van der Waals surface area contributed by atoms with E-state index in [1.54, 1.807) is 13.8 Å². The number of nitrogens with one attached hydrogen (secondary N) is 1. The third-order valence-electron chi connectivity index (χ3n) is 3.23. The normalized spacial score (nSPS) is 10.6. The first-order valence-electron chi connectivity index (χ1n) is 6.98. The molecule has 0 radical (unpaired) electrons. The Labute approximate surface area is 118 Å². The van der Waals surface area contributed by atoms with E-state index >= 15 is 0 Å². The Morgan fingerprint density at radius 3 is 2.60 bits per heavy atom. The summed E-state index contributed by atoms with van der Waals surface area (Å²) in [6, 6.07) is 0. The first-order chi connectivity index (χ1) is 9.51. The number of rotatable bonds is 7. The van der Waals surface area contributed by atoms with Crippen LogP contribution < -0.4 is 5.56 Å². The summed E-state index contributed by atoms with van der Waals surface area (Å²) in [7, 11) is 0. The number of aromatic amines is 1. The van der Waals surface area contributed by atoms with Crippen molar-refractivity contribution in [2.75, 3.05) is 19.7 Å². The van der Waals surface area contributed by atoms with Crippen LogP contribution in [0.1, 0.15) is 48.1 Å². The van der Waals surface area contributed by atoms with E-state index in [0.29, 0.717) is 17.9 Å². The molecule has 0 aliphatic carbocycles. The molecule has 0 aliphatic rings. The van der Waals surface area contributed by atoms with E-state index in [1.165, 1.54) is 4.90 Å². The van der Waals surface area contributed by atoms with Crippen LogP contribution in [0.25, 0.3) is 0 Å². The Kier molecular flexibility index (Phi) is 6.38. The van der Waals surface area contributed by atoms with E-state index < -0.39 is 11.5 Å². The molecule has 0 aliphatic heterocycles. The fourth-order valence-corrected chi connectivity index (χ4v) is 1.91. The van der Waals surface area contributed by atoms with Gasteiger partial charge in [-0.25, -0.2) is 4.98 Å². The number of aryl methyl sites for hydroxylation is 2. The van der Waals surface area contributed by atoms with Gasteiger partial charge in [-0.15, -0.1) is 0 Å². The van der Waals surface area contributed by atoms with Gasteiger partial charge in [0.25, 0.3) is 11.5 Å². The highest BCUT2D eigenvalue weighted by Gasteiger charge is 2.20. The molecule has 112 valence electrons. The highest BCUT2D eigenvalue weighted by atomic mass is 16.3. The van der Waals surface area contributed by atoms with Crippen LogP contribution in [-0.2, 0) is 0 Å². The summed E-state index contributed by atoms with van der Waals surface area (Å²) >= 11 is 0. The predicted molar refractivity (Wildman–Crippen MR) is 76.8 cm³/mol. The van der Waals surface area contributed by atoms with Crippen molar-refractivity contribution in [2.45, 2.75) is 40.0 Å². The van der Waals surface area contributed by atoms with Crippen molar-refractivity contribution in [2.24, 2.45) is 0 Å². The smallest absolute Gasteiger partial charge is 0.279 e. The number of hydrogen-bond acceptors (Lipinski definition) is 4. The zero-order valence-electron chi connectivity index (χ0n) is 12.4. The Balaban J connectivity index is 2.94. The molecule has 1 aromatic heterocycles. The Bertz CT molecular complexity index is 511. The second kappa shape index (κ2) is 7.79. The van der Waals surface area contributed by atoms with Gasteiger partial charge in [-0.2, -0.15) is 0 Å². The molecule has 0 atom stereocenters. The van der Waals surface area contributed by atoms with E-state index in [-0.39, 0.29) is 18.8 Å². The van der Waals surface area contributed by atoms with Crippen LogP contribution in [0, 0.1) is 13.8 Å². The number of H-pyrrole nitrogens is 1. The minimum absolute atomic E-state index is 0.0990. The zero-order chi connectivity index (χ0) is 15.1. The standard InChI is InChI=1S/C14H23N3O3/c1-4-5-6-7-17(8-9-18)14(20)12-13(19)16-11(3)10(2)15-12/h18H,4-9H2,1-3H3,(H,16,19). The second-order valence-electron chi connectivity index (χ2n) is 4.85. The summed E-state index contributed by atoms with van der Waals surface area (Å²) < 4.78 is 0. The van der Waals surface area contributed by atoms with Crippen LogP contribution in [0.15, 0.2) is 4.79 Å². The third-order valence-corrected chi connectivity index (χ3v) is 3.23. The van der Waals surface area contributed by atoms with Crippen LogP contribution in [-0.4, -0.2) is 45.6 Å². The molecular formula is C14H23N3O3.